The molecule has 0 aliphatic carbocycles. The molecule has 0 spiro atoms. The lowest BCUT2D eigenvalue weighted by atomic mass is 9.98. The van der Waals surface area contributed by atoms with Gasteiger partial charge in [-0.3, -0.25) is 9.59 Å². The van der Waals surface area contributed by atoms with Crippen molar-refractivity contribution >= 4 is 21.9 Å². The third-order valence-corrected chi connectivity index (χ3v) is 3.98. The highest BCUT2D eigenvalue weighted by Gasteiger charge is 2.23. The summed E-state index contributed by atoms with van der Waals surface area (Å²) in [5.41, 5.74) is 0. The van der Waals surface area contributed by atoms with Crippen molar-refractivity contribution in [3.8, 4) is 0 Å². The number of aliphatic carboxylic acids is 1. The Kier molecular flexibility index (Phi) is 6.41. The zero-order chi connectivity index (χ0) is 15.2. The monoisotopic (exact) mass is 306 g/mol. The molecule has 0 saturated carbocycles. The van der Waals surface area contributed by atoms with E-state index in [0.717, 1.165) is 19.1 Å². The second-order valence-corrected chi connectivity index (χ2v) is 7.05. The molecule has 8 heteroatoms. The molecule has 2 N–H and O–H groups in total. The Morgan fingerprint density at radius 2 is 2.05 bits per heavy atom. The fourth-order valence-electron chi connectivity index (χ4n) is 2.28. The molecule has 1 atom stereocenters. The molecule has 1 rings (SSSR count). The van der Waals surface area contributed by atoms with E-state index in [1.807, 2.05) is 0 Å². The van der Waals surface area contributed by atoms with Gasteiger partial charge in [0.2, 0.25) is 15.9 Å². The molecule has 0 aromatic rings. The minimum absolute atomic E-state index is 0.00135. The standard InChI is InChI=1S/C12H22N2O5S/c1-20(18,19)13-8-10-4-3-7-14(9-10)11(15)5-2-6-12(16)17/h10,13H,2-9H2,1H3,(H,16,17). The van der Waals surface area contributed by atoms with E-state index in [1.165, 1.54) is 0 Å². The Balaban J connectivity index is 2.36. The molecule has 1 aliphatic heterocycles. The summed E-state index contributed by atoms with van der Waals surface area (Å²) in [6.45, 7) is 1.55. The number of sulfonamides is 1. The summed E-state index contributed by atoms with van der Waals surface area (Å²) in [5, 5.41) is 8.53. The Morgan fingerprint density at radius 3 is 2.65 bits per heavy atom. The fraction of sp³-hybridized carbons (Fsp3) is 0.833. The maximum atomic E-state index is 11.9. The summed E-state index contributed by atoms with van der Waals surface area (Å²) in [6, 6.07) is 0. The minimum Gasteiger partial charge on any atom is -0.481 e. The Bertz CT molecular complexity index is 449. The molecule has 1 amide bonds. The van der Waals surface area contributed by atoms with Crippen LogP contribution in [0, 0.1) is 5.92 Å². The number of rotatable bonds is 7. The molecular formula is C12H22N2O5S. The summed E-state index contributed by atoms with van der Waals surface area (Å²) >= 11 is 0. The fourth-order valence-corrected chi connectivity index (χ4v) is 2.81. The van der Waals surface area contributed by atoms with Crippen LogP contribution in [-0.2, 0) is 19.6 Å². The first-order chi connectivity index (χ1) is 9.28. The predicted octanol–water partition coefficient (Wildman–Crippen LogP) is 0.0291. The van der Waals surface area contributed by atoms with Gasteiger partial charge < -0.3 is 10.0 Å². The first kappa shape index (κ1) is 16.9. The van der Waals surface area contributed by atoms with E-state index in [0.29, 0.717) is 26.1 Å². The van der Waals surface area contributed by atoms with Gasteiger partial charge >= 0.3 is 5.97 Å². The van der Waals surface area contributed by atoms with E-state index in [1.54, 1.807) is 4.90 Å². The van der Waals surface area contributed by atoms with Crippen molar-refractivity contribution in [1.82, 2.24) is 9.62 Å². The number of nitrogens with one attached hydrogen (secondary N) is 1. The lowest BCUT2D eigenvalue weighted by molar-refractivity contribution is -0.137. The van der Waals surface area contributed by atoms with E-state index in [4.69, 9.17) is 5.11 Å². The average Bonchev–Trinajstić information content (AvgIpc) is 2.35. The van der Waals surface area contributed by atoms with Crippen molar-refractivity contribution in [2.45, 2.75) is 32.1 Å². The smallest absolute Gasteiger partial charge is 0.303 e. The lowest BCUT2D eigenvalue weighted by Crippen LogP contribution is -2.43. The van der Waals surface area contributed by atoms with Crippen LogP contribution in [0.3, 0.4) is 0 Å². The van der Waals surface area contributed by atoms with Gasteiger partial charge in [0.1, 0.15) is 0 Å². The van der Waals surface area contributed by atoms with Gasteiger partial charge in [0.25, 0.3) is 0 Å². The van der Waals surface area contributed by atoms with Gasteiger partial charge in [-0.05, 0) is 25.2 Å². The maximum Gasteiger partial charge on any atom is 0.303 e. The molecule has 0 aromatic carbocycles. The van der Waals surface area contributed by atoms with Crippen LogP contribution in [0.2, 0.25) is 0 Å². The van der Waals surface area contributed by atoms with Crippen LogP contribution in [0.25, 0.3) is 0 Å². The topological polar surface area (TPSA) is 104 Å². The summed E-state index contributed by atoms with van der Waals surface area (Å²) < 4.78 is 24.6. The number of hydrogen-bond donors (Lipinski definition) is 2. The van der Waals surface area contributed by atoms with Crippen molar-refractivity contribution in [2.75, 3.05) is 25.9 Å². The molecule has 1 unspecified atom stereocenters. The van der Waals surface area contributed by atoms with Crippen molar-refractivity contribution in [3.05, 3.63) is 0 Å². The lowest BCUT2D eigenvalue weighted by Gasteiger charge is -2.32. The van der Waals surface area contributed by atoms with Gasteiger partial charge in [-0.15, -0.1) is 0 Å². The number of carboxylic acids is 1. The second-order valence-electron chi connectivity index (χ2n) is 5.22. The molecule has 1 fully saturated rings. The molecular weight excluding hydrogens is 284 g/mol. The van der Waals surface area contributed by atoms with Gasteiger partial charge in [-0.1, -0.05) is 0 Å². The van der Waals surface area contributed by atoms with Gasteiger partial charge in [0, 0.05) is 32.5 Å². The number of carboxylic acid groups (broad SMARTS) is 1. The molecule has 116 valence electrons. The molecule has 20 heavy (non-hydrogen) atoms. The minimum atomic E-state index is -3.20. The molecule has 1 aliphatic rings. The SMILES string of the molecule is CS(=O)(=O)NCC1CCCN(C(=O)CCCC(=O)O)C1. The molecule has 1 heterocycles. The average molecular weight is 306 g/mol. The Labute approximate surface area is 119 Å². The zero-order valence-electron chi connectivity index (χ0n) is 11.7. The van der Waals surface area contributed by atoms with Crippen molar-refractivity contribution < 1.29 is 23.1 Å². The molecule has 7 nitrogen and oxygen atoms in total. The van der Waals surface area contributed by atoms with E-state index < -0.39 is 16.0 Å². The molecule has 1 saturated heterocycles. The highest BCUT2D eigenvalue weighted by Crippen LogP contribution is 2.17. The van der Waals surface area contributed by atoms with Crippen LogP contribution in [0.1, 0.15) is 32.1 Å². The first-order valence-electron chi connectivity index (χ1n) is 6.72. The van der Waals surface area contributed by atoms with Crippen molar-refractivity contribution in [3.63, 3.8) is 0 Å². The number of piperidine rings is 1. The Hall–Kier alpha value is -1.15. The van der Waals surface area contributed by atoms with E-state index >= 15 is 0 Å². The third-order valence-electron chi connectivity index (χ3n) is 3.29. The van der Waals surface area contributed by atoms with E-state index in [9.17, 15) is 18.0 Å². The third kappa shape index (κ3) is 6.85. The van der Waals surface area contributed by atoms with Gasteiger partial charge in [0.15, 0.2) is 0 Å². The van der Waals surface area contributed by atoms with E-state index in [-0.39, 0.29) is 24.7 Å². The normalized spacial score (nSPS) is 19.9. The summed E-state index contributed by atoms with van der Waals surface area (Å²) in [5.74, 6) is -0.816. The Morgan fingerprint density at radius 1 is 1.35 bits per heavy atom. The summed E-state index contributed by atoms with van der Waals surface area (Å²) in [7, 11) is -3.20. The van der Waals surface area contributed by atoms with E-state index in [2.05, 4.69) is 4.72 Å². The molecule has 0 bridgehead atoms. The van der Waals surface area contributed by atoms with Crippen LogP contribution < -0.4 is 4.72 Å². The summed E-state index contributed by atoms with van der Waals surface area (Å²) in [4.78, 5) is 24.0. The first-order valence-corrected chi connectivity index (χ1v) is 8.61. The number of amides is 1. The molecule has 0 radical (unpaired) electrons. The van der Waals surface area contributed by atoms with Gasteiger partial charge in [-0.2, -0.15) is 0 Å². The van der Waals surface area contributed by atoms with Crippen LogP contribution in [0.5, 0.6) is 0 Å². The van der Waals surface area contributed by atoms with Crippen molar-refractivity contribution in [1.29, 1.82) is 0 Å². The second kappa shape index (κ2) is 7.58. The van der Waals surface area contributed by atoms with Crippen LogP contribution in [-0.4, -0.2) is 56.2 Å². The quantitative estimate of drug-likeness (QED) is 0.690. The van der Waals surface area contributed by atoms with Crippen LogP contribution in [0.15, 0.2) is 0 Å². The maximum absolute atomic E-state index is 11.9. The van der Waals surface area contributed by atoms with Crippen LogP contribution in [0.4, 0.5) is 0 Å². The predicted molar refractivity (Wildman–Crippen MR) is 73.6 cm³/mol. The number of carbonyl (C=O) groups excluding carboxylic acids is 1. The number of nitrogens with zero attached hydrogens (tertiary/aromatic N) is 1. The van der Waals surface area contributed by atoms with Crippen molar-refractivity contribution in [2.24, 2.45) is 5.92 Å². The number of carbonyl (C=O) groups is 2. The zero-order valence-corrected chi connectivity index (χ0v) is 12.5. The number of likely N-dealkylation sites (tertiary alicyclic amines) is 1. The molecule has 0 aromatic heterocycles. The van der Waals surface area contributed by atoms with Gasteiger partial charge in [0.05, 0.1) is 6.26 Å². The summed E-state index contributed by atoms with van der Waals surface area (Å²) in [6.07, 6.45) is 3.43. The largest absolute Gasteiger partial charge is 0.481 e. The van der Waals surface area contributed by atoms with Crippen LogP contribution >= 0.6 is 0 Å². The number of hydrogen-bond acceptors (Lipinski definition) is 4. The highest BCUT2D eigenvalue weighted by molar-refractivity contribution is 7.88. The van der Waals surface area contributed by atoms with Gasteiger partial charge in [-0.25, -0.2) is 13.1 Å². The highest BCUT2D eigenvalue weighted by atomic mass is 32.2.